The van der Waals surface area contributed by atoms with Crippen molar-refractivity contribution in [1.82, 2.24) is 5.06 Å². The number of amides is 2. The number of benzene rings is 2. The molecule has 0 saturated carbocycles. The summed E-state index contributed by atoms with van der Waals surface area (Å²) in [7, 11) is 0. The summed E-state index contributed by atoms with van der Waals surface area (Å²) >= 11 is 0. The molecule has 2 aromatic carbocycles. The van der Waals surface area contributed by atoms with E-state index in [-0.39, 0.29) is 38.9 Å². The first-order valence-electron chi connectivity index (χ1n) is 12.1. The number of rotatable bonds is 10. The fourth-order valence-electron chi connectivity index (χ4n) is 3.91. The third-order valence-corrected chi connectivity index (χ3v) is 5.78. The van der Waals surface area contributed by atoms with Gasteiger partial charge in [0.1, 0.15) is 19.3 Å². The molecule has 2 amide bonds. The molecule has 1 aliphatic carbocycles. The standard InChI is InChI=1S/C28H25NO9/c30-24-11-12-25(31)29(24)38-28(34)18-35-15-16-36-26(32)13-14-27(33)37-23-17-21-7-2-1-5-19(21)9-10-20-6-3-4-8-22(20)23/h1-8,23H,11-18H2. The van der Waals surface area contributed by atoms with E-state index in [9.17, 15) is 24.0 Å². The van der Waals surface area contributed by atoms with Gasteiger partial charge in [0.05, 0.1) is 19.4 Å². The summed E-state index contributed by atoms with van der Waals surface area (Å²) in [5.41, 5.74) is 3.43. The lowest BCUT2D eigenvalue weighted by atomic mass is 9.92. The lowest BCUT2D eigenvalue weighted by Crippen LogP contribution is -2.33. The smallest absolute Gasteiger partial charge is 0.358 e. The highest BCUT2D eigenvalue weighted by atomic mass is 16.7. The van der Waals surface area contributed by atoms with Gasteiger partial charge in [0.25, 0.3) is 11.8 Å². The summed E-state index contributed by atoms with van der Waals surface area (Å²) in [6.07, 6.45) is -0.469. The van der Waals surface area contributed by atoms with E-state index in [1.54, 1.807) is 0 Å². The number of ether oxygens (including phenoxy) is 3. The average Bonchev–Trinajstić information content (AvgIpc) is 3.22. The Bertz CT molecular complexity index is 1290. The molecule has 38 heavy (non-hydrogen) atoms. The van der Waals surface area contributed by atoms with Gasteiger partial charge in [-0.05, 0) is 17.7 Å². The minimum absolute atomic E-state index is 0.00689. The summed E-state index contributed by atoms with van der Waals surface area (Å²) in [6.45, 7) is -0.808. The molecule has 1 atom stereocenters. The zero-order valence-electron chi connectivity index (χ0n) is 20.5. The zero-order chi connectivity index (χ0) is 26.9. The molecular formula is C28H25NO9. The Morgan fingerprint density at radius 2 is 1.47 bits per heavy atom. The molecule has 0 spiro atoms. The fourth-order valence-corrected chi connectivity index (χ4v) is 3.91. The summed E-state index contributed by atoms with van der Waals surface area (Å²) in [4.78, 5) is 63.7. The van der Waals surface area contributed by atoms with Gasteiger partial charge < -0.3 is 19.0 Å². The van der Waals surface area contributed by atoms with Crippen LogP contribution in [0.5, 0.6) is 0 Å². The van der Waals surface area contributed by atoms with E-state index in [1.807, 2.05) is 48.5 Å². The Balaban J connectivity index is 1.18. The van der Waals surface area contributed by atoms with Gasteiger partial charge in [-0.1, -0.05) is 48.2 Å². The van der Waals surface area contributed by atoms with Crippen molar-refractivity contribution in [2.75, 3.05) is 19.8 Å². The Hall–Kier alpha value is -4.49. The first kappa shape index (κ1) is 26.6. The number of hydroxylamine groups is 2. The molecule has 10 heteroatoms. The lowest BCUT2D eigenvalue weighted by molar-refractivity contribution is -0.200. The van der Waals surface area contributed by atoms with Gasteiger partial charge in [-0.3, -0.25) is 19.2 Å². The van der Waals surface area contributed by atoms with Crippen LogP contribution in [-0.2, 0) is 49.4 Å². The van der Waals surface area contributed by atoms with E-state index in [4.69, 9.17) is 14.2 Å². The number of carbonyl (C=O) groups is 5. The molecule has 10 nitrogen and oxygen atoms in total. The maximum Gasteiger partial charge on any atom is 0.358 e. The van der Waals surface area contributed by atoms with Crippen LogP contribution in [0.25, 0.3) is 0 Å². The van der Waals surface area contributed by atoms with Gasteiger partial charge in [0.2, 0.25) is 0 Å². The van der Waals surface area contributed by atoms with Crippen LogP contribution in [0.2, 0.25) is 0 Å². The van der Waals surface area contributed by atoms with Crippen LogP contribution in [0, 0.1) is 11.8 Å². The van der Waals surface area contributed by atoms with E-state index in [1.165, 1.54) is 0 Å². The number of hydrogen-bond acceptors (Lipinski definition) is 9. The summed E-state index contributed by atoms with van der Waals surface area (Å²) in [5.74, 6) is 3.04. The molecule has 1 heterocycles. The number of fused-ring (bicyclic) bond motifs is 2. The normalized spacial score (nSPS) is 15.8. The maximum absolute atomic E-state index is 12.6. The molecule has 1 fully saturated rings. The SMILES string of the molecule is O=C(CCC(=O)OC1Cc2ccccc2C#Cc2ccccc21)OCCOCC(=O)ON1C(=O)CCC1=O. The molecule has 0 radical (unpaired) electrons. The highest BCUT2D eigenvalue weighted by molar-refractivity contribution is 6.01. The predicted octanol–water partition coefficient (Wildman–Crippen LogP) is 2.17. The second-order valence-electron chi connectivity index (χ2n) is 8.50. The van der Waals surface area contributed by atoms with Crippen molar-refractivity contribution in [3.8, 4) is 11.8 Å². The van der Waals surface area contributed by atoms with Crippen molar-refractivity contribution in [1.29, 1.82) is 0 Å². The van der Waals surface area contributed by atoms with Crippen LogP contribution < -0.4 is 0 Å². The van der Waals surface area contributed by atoms with Crippen LogP contribution >= 0.6 is 0 Å². The molecule has 0 bridgehead atoms. The average molecular weight is 520 g/mol. The first-order valence-corrected chi connectivity index (χ1v) is 12.1. The zero-order valence-corrected chi connectivity index (χ0v) is 20.5. The van der Waals surface area contributed by atoms with Crippen molar-refractivity contribution in [3.05, 3.63) is 70.8 Å². The Labute approximate surface area is 218 Å². The highest BCUT2D eigenvalue weighted by Crippen LogP contribution is 2.29. The van der Waals surface area contributed by atoms with Gasteiger partial charge in [-0.15, -0.1) is 5.06 Å². The molecule has 2 aliphatic rings. The van der Waals surface area contributed by atoms with E-state index in [0.29, 0.717) is 11.5 Å². The lowest BCUT2D eigenvalue weighted by Gasteiger charge is -2.21. The predicted molar refractivity (Wildman–Crippen MR) is 130 cm³/mol. The van der Waals surface area contributed by atoms with Crippen LogP contribution in [-0.4, -0.2) is 54.6 Å². The number of esters is 2. The van der Waals surface area contributed by atoms with Crippen molar-refractivity contribution in [2.24, 2.45) is 0 Å². The number of imide groups is 1. The molecule has 1 unspecified atom stereocenters. The molecule has 1 saturated heterocycles. The van der Waals surface area contributed by atoms with Crippen molar-refractivity contribution in [2.45, 2.75) is 38.2 Å². The Kier molecular flexibility index (Phi) is 8.85. The van der Waals surface area contributed by atoms with Crippen molar-refractivity contribution < 1.29 is 43.0 Å². The van der Waals surface area contributed by atoms with E-state index < -0.39 is 42.4 Å². The van der Waals surface area contributed by atoms with E-state index in [0.717, 1.165) is 22.3 Å². The second-order valence-corrected chi connectivity index (χ2v) is 8.50. The fraction of sp³-hybridized carbons (Fsp3) is 0.321. The summed E-state index contributed by atoms with van der Waals surface area (Å²) < 4.78 is 15.8. The van der Waals surface area contributed by atoms with Crippen LogP contribution in [0.1, 0.15) is 54.0 Å². The van der Waals surface area contributed by atoms with Crippen LogP contribution in [0.3, 0.4) is 0 Å². The largest absolute Gasteiger partial charge is 0.463 e. The maximum atomic E-state index is 12.6. The molecule has 0 N–H and O–H groups in total. The molecular weight excluding hydrogens is 494 g/mol. The van der Waals surface area contributed by atoms with Crippen LogP contribution in [0.15, 0.2) is 48.5 Å². The third kappa shape index (κ3) is 7.05. The van der Waals surface area contributed by atoms with E-state index in [2.05, 4.69) is 16.7 Å². The minimum atomic E-state index is -0.924. The second kappa shape index (κ2) is 12.7. The number of hydrogen-bond donors (Lipinski definition) is 0. The minimum Gasteiger partial charge on any atom is -0.463 e. The molecule has 4 rings (SSSR count). The van der Waals surface area contributed by atoms with Gasteiger partial charge in [-0.2, -0.15) is 0 Å². The van der Waals surface area contributed by atoms with Gasteiger partial charge in [-0.25, -0.2) is 4.79 Å². The first-order chi connectivity index (χ1) is 18.4. The highest BCUT2D eigenvalue weighted by Gasteiger charge is 2.32. The van der Waals surface area contributed by atoms with Gasteiger partial charge in [0, 0.05) is 36.0 Å². The Morgan fingerprint density at radius 1 is 0.816 bits per heavy atom. The van der Waals surface area contributed by atoms with Gasteiger partial charge in [0.15, 0.2) is 0 Å². The third-order valence-electron chi connectivity index (χ3n) is 5.78. The molecule has 1 aliphatic heterocycles. The molecule has 0 aromatic heterocycles. The van der Waals surface area contributed by atoms with Crippen molar-refractivity contribution >= 4 is 29.7 Å². The molecule has 196 valence electrons. The summed E-state index contributed by atoms with van der Waals surface area (Å²) in [6, 6.07) is 15.2. The quantitative estimate of drug-likeness (QED) is 0.201. The number of nitrogens with zero attached hydrogens (tertiary/aromatic N) is 1. The van der Waals surface area contributed by atoms with E-state index >= 15 is 0 Å². The molecule has 2 aromatic rings. The topological polar surface area (TPSA) is 126 Å². The Morgan fingerprint density at radius 3 is 2.26 bits per heavy atom. The van der Waals surface area contributed by atoms with Crippen LogP contribution in [0.4, 0.5) is 0 Å². The monoisotopic (exact) mass is 519 g/mol. The van der Waals surface area contributed by atoms with Crippen molar-refractivity contribution in [3.63, 3.8) is 0 Å². The number of carbonyl (C=O) groups excluding carboxylic acids is 5. The van der Waals surface area contributed by atoms with Gasteiger partial charge >= 0.3 is 17.9 Å². The summed E-state index contributed by atoms with van der Waals surface area (Å²) in [5, 5.41) is 0.423.